The zero-order valence-corrected chi connectivity index (χ0v) is 15.7. The Labute approximate surface area is 167 Å². The number of carbonyl (C=O) groups is 3. The first-order valence-corrected chi connectivity index (χ1v) is 9.22. The van der Waals surface area contributed by atoms with Crippen molar-refractivity contribution < 1.29 is 19.1 Å². The van der Waals surface area contributed by atoms with Crippen LogP contribution in [0.25, 0.3) is 0 Å². The van der Waals surface area contributed by atoms with Crippen molar-refractivity contribution in [2.24, 2.45) is 0 Å². The monoisotopic (exact) mass is 386 g/mol. The Morgan fingerprint density at radius 1 is 0.862 bits per heavy atom. The lowest BCUT2D eigenvalue weighted by atomic mass is 10.1. The van der Waals surface area contributed by atoms with Gasteiger partial charge in [-0.2, -0.15) is 0 Å². The van der Waals surface area contributed by atoms with Crippen LogP contribution >= 0.6 is 0 Å². The van der Waals surface area contributed by atoms with E-state index < -0.39 is 0 Å². The van der Waals surface area contributed by atoms with Crippen molar-refractivity contribution in [3.63, 3.8) is 0 Å². The van der Waals surface area contributed by atoms with Gasteiger partial charge in [0.1, 0.15) is 11.5 Å². The normalized spacial score (nSPS) is 12.7. The van der Waals surface area contributed by atoms with Crippen LogP contribution in [0.4, 0.5) is 11.4 Å². The molecule has 0 saturated carbocycles. The van der Waals surface area contributed by atoms with Gasteiger partial charge in [0.25, 0.3) is 11.8 Å². The Balaban J connectivity index is 1.54. The molecule has 3 aromatic rings. The highest BCUT2D eigenvalue weighted by atomic mass is 16.5. The molecule has 0 bridgehead atoms. The van der Waals surface area contributed by atoms with Gasteiger partial charge in [-0.1, -0.05) is 25.1 Å². The zero-order chi connectivity index (χ0) is 20.4. The fourth-order valence-electron chi connectivity index (χ4n) is 3.09. The molecule has 0 fully saturated rings. The van der Waals surface area contributed by atoms with Crippen molar-refractivity contribution in [2.45, 2.75) is 13.3 Å². The van der Waals surface area contributed by atoms with E-state index >= 15 is 0 Å². The second-order valence-corrected chi connectivity index (χ2v) is 6.52. The number of carbonyl (C=O) groups excluding carboxylic acids is 3. The number of imide groups is 1. The molecule has 4 rings (SSSR count). The molecule has 0 spiro atoms. The molecule has 29 heavy (non-hydrogen) atoms. The molecule has 144 valence electrons. The summed E-state index contributed by atoms with van der Waals surface area (Å²) in [5.41, 5.74) is 1.87. The van der Waals surface area contributed by atoms with Crippen molar-refractivity contribution in [1.82, 2.24) is 0 Å². The van der Waals surface area contributed by atoms with E-state index in [9.17, 15) is 14.4 Å². The van der Waals surface area contributed by atoms with Crippen LogP contribution in [0.15, 0.2) is 72.8 Å². The maximum atomic E-state index is 12.8. The number of para-hydroxylation sites is 1. The Hall–Kier alpha value is -3.93. The molecular formula is C23H18N2O4. The average Bonchev–Trinajstić information content (AvgIpc) is 3.00. The summed E-state index contributed by atoms with van der Waals surface area (Å²) in [5, 5.41) is 2.77. The van der Waals surface area contributed by atoms with Crippen LogP contribution in [0.1, 0.15) is 34.1 Å². The fraction of sp³-hybridized carbons (Fsp3) is 0.0870. The average molecular weight is 386 g/mol. The molecule has 1 N–H and O–H groups in total. The van der Waals surface area contributed by atoms with E-state index in [1.165, 1.54) is 4.90 Å². The molecule has 1 heterocycles. The summed E-state index contributed by atoms with van der Waals surface area (Å²) in [6, 6.07) is 20.6. The van der Waals surface area contributed by atoms with Crippen LogP contribution in [0.5, 0.6) is 11.5 Å². The van der Waals surface area contributed by atoms with E-state index in [2.05, 4.69) is 5.32 Å². The van der Waals surface area contributed by atoms with Gasteiger partial charge in [0.05, 0.1) is 16.8 Å². The van der Waals surface area contributed by atoms with E-state index in [0.717, 1.165) is 0 Å². The maximum absolute atomic E-state index is 12.8. The second-order valence-electron chi connectivity index (χ2n) is 6.52. The van der Waals surface area contributed by atoms with Crippen LogP contribution < -0.4 is 15.0 Å². The van der Waals surface area contributed by atoms with Crippen LogP contribution in [-0.4, -0.2) is 17.7 Å². The van der Waals surface area contributed by atoms with E-state index in [4.69, 9.17) is 4.74 Å². The molecule has 0 aromatic heterocycles. The summed E-state index contributed by atoms with van der Waals surface area (Å²) in [5.74, 6) is 0.211. The zero-order valence-electron chi connectivity index (χ0n) is 15.7. The molecule has 3 aromatic carbocycles. The summed E-state index contributed by atoms with van der Waals surface area (Å²) in [6.45, 7) is 1.78. The number of ether oxygens (including phenoxy) is 1. The van der Waals surface area contributed by atoms with Gasteiger partial charge in [-0.25, -0.2) is 4.90 Å². The second kappa shape index (κ2) is 7.59. The van der Waals surface area contributed by atoms with Gasteiger partial charge in [-0.05, 0) is 54.6 Å². The molecule has 6 heteroatoms. The van der Waals surface area contributed by atoms with Gasteiger partial charge in [-0.3, -0.25) is 14.4 Å². The number of hydrogen-bond donors (Lipinski definition) is 1. The first-order chi connectivity index (χ1) is 14.1. The lowest BCUT2D eigenvalue weighted by Gasteiger charge is -2.13. The Morgan fingerprint density at radius 2 is 1.52 bits per heavy atom. The number of nitrogens with zero attached hydrogens (tertiary/aromatic N) is 1. The minimum atomic E-state index is -0.376. The number of benzene rings is 3. The van der Waals surface area contributed by atoms with E-state index in [0.29, 0.717) is 40.4 Å². The van der Waals surface area contributed by atoms with Crippen LogP contribution in [-0.2, 0) is 4.79 Å². The first kappa shape index (κ1) is 18.4. The molecule has 1 aliphatic rings. The lowest BCUT2D eigenvalue weighted by molar-refractivity contribution is -0.115. The molecule has 0 atom stereocenters. The maximum Gasteiger partial charge on any atom is 0.266 e. The van der Waals surface area contributed by atoms with Gasteiger partial charge in [0.15, 0.2) is 0 Å². The Morgan fingerprint density at radius 3 is 2.21 bits per heavy atom. The molecule has 0 unspecified atom stereocenters. The largest absolute Gasteiger partial charge is 0.457 e. The lowest BCUT2D eigenvalue weighted by Crippen LogP contribution is -2.29. The highest BCUT2D eigenvalue weighted by molar-refractivity contribution is 6.34. The smallest absolute Gasteiger partial charge is 0.266 e. The molecular weight excluding hydrogens is 368 g/mol. The summed E-state index contributed by atoms with van der Waals surface area (Å²) in [4.78, 5) is 38.1. The third-order valence-corrected chi connectivity index (χ3v) is 4.57. The quantitative estimate of drug-likeness (QED) is 0.649. The van der Waals surface area contributed by atoms with E-state index in [1.807, 2.05) is 6.07 Å². The predicted molar refractivity (Wildman–Crippen MR) is 109 cm³/mol. The number of anilines is 2. The van der Waals surface area contributed by atoms with Crippen molar-refractivity contribution in [3.05, 3.63) is 83.9 Å². The van der Waals surface area contributed by atoms with Crippen LogP contribution in [0.2, 0.25) is 0 Å². The summed E-state index contributed by atoms with van der Waals surface area (Å²) in [6.07, 6.45) is 0.403. The predicted octanol–water partition coefficient (Wildman–Crippen LogP) is 4.63. The van der Waals surface area contributed by atoms with Gasteiger partial charge < -0.3 is 10.1 Å². The number of fused-ring (bicyclic) bond motifs is 1. The van der Waals surface area contributed by atoms with E-state index in [-0.39, 0.29) is 17.7 Å². The molecule has 0 saturated heterocycles. The number of amides is 3. The van der Waals surface area contributed by atoms with Gasteiger partial charge in [0.2, 0.25) is 5.91 Å². The van der Waals surface area contributed by atoms with Gasteiger partial charge in [-0.15, -0.1) is 0 Å². The number of rotatable bonds is 5. The van der Waals surface area contributed by atoms with Gasteiger partial charge >= 0.3 is 0 Å². The standard InChI is InChI=1S/C23H18N2O4/c1-2-21(26)24-15-8-10-17(11-9-15)29-18-12-13-19-20(14-18)23(28)25(22(19)27)16-6-4-3-5-7-16/h3-14H,2H2,1H3,(H,24,26). The van der Waals surface area contributed by atoms with Crippen LogP contribution in [0.3, 0.4) is 0 Å². The number of nitrogens with one attached hydrogen (secondary N) is 1. The molecule has 3 amide bonds. The Kier molecular flexibility index (Phi) is 4.83. The summed E-state index contributed by atoms with van der Waals surface area (Å²) < 4.78 is 5.82. The number of hydrogen-bond acceptors (Lipinski definition) is 4. The molecule has 0 radical (unpaired) electrons. The third-order valence-electron chi connectivity index (χ3n) is 4.57. The van der Waals surface area contributed by atoms with Crippen molar-refractivity contribution in [1.29, 1.82) is 0 Å². The minimum Gasteiger partial charge on any atom is -0.457 e. The third kappa shape index (κ3) is 3.60. The van der Waals surface area contributed by atoms with Crippen LogP contribution in [0, 0.1) is 0 Å². The highest BCUT2D eigenvalue weighted by Crippen LogP contribution is 2.32. The van der Waals surface area contributed by atoms with E-state index in [1.54, 1.807) is 73.7 Å². The molecule has 6 nitrogen and oxygen atoms in total. The molecule has 0 aliphatic carbocycles. The fourth-order valence-corrected chi connectivity index (χ4v) is 3.09. The minimum absolute atomic E-state index is 0.0663. The SMILES string of the molecule is CCC(=O)Nc1ccc(Oc2ccc3c(c2)C(=O)N(c2ccccc2)C3=O)cc1. The highest BCUT2D eigenvalue weighted by Gasteiger charge is 2.36. The molecule has 1 aliphatic heterocycles. The van der Waals surface area contributed by atoms with Crippen molar-refractivity contribution in [2.75, 3.05) is 10.2 Å². The Bertz CT molecular complexity index is 1090. The van der Waals surface area contributed by atoms with Gasteiger partial charge in [0, 0.05) is 12.1 Å². The topological polar surface area (TPSA) is 75.7 Å². The van der Waals surface area contributed by atoms with Crippen molar-refractivity contribution >= 4 is 29.1 Å². The summed E-state index contributed by atoms with van der Waals surface area (Å²) >= 11 is 0. The summed E-state index contributed by atoms with van der Waals surface area (Å²) in [7, 11) is 0. The van der Waals surface area contributed by atoms with Crippen molar-refractivity contribution in [3.8, 4) is 11.5 Å². The first-order valence-electron chi connectivity index (χ1n) is 9.22.